The first kappa shape index (κ1) is 20.0. The Morgan fingerprint density at radius 2 is 1.17 bits per heavy atom. The molecule has 0 amide bonds. The molecule has 0 atom stereocenters. The van der Waals surface area contributed by atoms with E-state index in [2.05, 4.69) is 0 Å². The van der Waals surface area contributed by atoms with Crippen LogP contribution in [-0.4, -0.2) is 25.1 Å². The van der Waals surface area contributed by atoms with Gasteiger partial charge in [0.25, 0.3) is 0 Å². The Morgan fingerprint density at radius 3 is 1.52 bits per heavy atom. The van der Waals surface area contributed by atoms with Crippen LogP contribution in [0.3, 0.4) is 0 Å². The van der Waals surface area contributed by atoms with Crippen molar-refractivity contribution in [2.45, 2.75) is 66.0 Å². The summed E-state index contributed by atoms with van der Waals surface area (Å²) < 4.78 is 57.7. The number of benzene rings is 1. The summed E-state index contributed by atoms with van der Waals surface area (Å²) in [5, 5.41) is 0. The Labute approximate surface area is 136 Å². The molecule has 1 aromatic rings. The normalized spacial score (nSPS) is 13.4. The van der Waals surface area contributed by atoms with Gasteiger partial charge in [0.2, 0.25) is 0 Å². The van der Waals surface area contributed by atoms with E-state index in [4.69, 9.17) is 14.0 Å². The van der Waals surface area contributed by atoms with Crippen LogP contribution in [0.5, 0.6) is 0 Å². The van der Waals surface area contributed by atoms with Crippen LogP contribution in [0.25, 0.3) is 0 Å². The molecule has 7 heteroatoms. The topological polar surface area (TPSA) is 27.7 Å². The van der Waals surface area contributed by atoms with Crippen LogP contribution in [0.2, 0.25) is 0 Å². The maximum Gasteiger partial charge on any atom is 0.413 e. The monoisotopic (exact) mass is 333 g/mol. The van der Waals surface area contributed by atoms with Gasteiger partial charge < -0.3 is 14.0 Å². The average molecular weight is 333 g/mol. The van der Waals surface area contributed by atoms with Crippen LogP contribution < -0.4 is 5.46 Å². The first-order valence-electron chi connectivity index (χ1n) is 7.81. The van der Waals surface area contributed by atoms with E-state index in [1.165, 1.54) is 18.2 Å². The molecule has 0 saturated heterocycles. The first-order chi connectivity index (χ1) is 10.5. The fourth-order valence-corrected chi connectivity index (χ4v) is 2.45. The molecule has 0 unspecified atom stereocenters. The Bertz CT molecular complexity index is 475. The van der Waals surface area contributed by atoms with Crippen molar-refractivity contribution >= 4 is 12.2 Å². The second-order valence-corrected chi connectivity index (χ2v) is 6.28. The summed E-state index contributed by atoms with van der Waals surface area (Å²) in [4.78, 5) is 0. The molecule has 0 saturated carbocycles. The quantitative estimate of drug-likeness (QED) is 0.703. The van der Waals surface area contributed by atoms with Gasteiger partial charge in [0.1, 0.15) is 0 Å². The van der Waals surface area contributed by atoms with E-state index < -0.39 is 18.5 Å². The SMILES string of the molecule is CC(C)O[B-](OC(C)C)(OC(C)C)c1ccccc1C(F)(F)F. The van der Waals surface area contributed by atoms with Crippen LogP contribution in [0.1, 0.15) is 47.1 Å². The molecular formula is C16H25BF3O3-. The van der Waals surface area contributed by atoms with Gasteiger partial charge in [0.15, 0.2) is 0 Å². The third kappa shape index (κ3) is 5.51. The van der Waals surface area contributed by atoms with Gasteiger partial charge in [0, 0.05) is 23.9 Å². The fraction of sp³-hybridized carbons (Fsp3) is 0.625. The number of halogens is 3. The van der Waals surface area contributed by atoms with Crippen molar-refractivity contribution in [3.63, 3.8) is 0 Å². The van der Waals surface area contributed by atoms with Crippen LogP contribution in [0.15, 0.2) is 24.3 Å². The molecule has 0 heterocycles. The molecule has 1 rings (SSSR count). The maximum absolute atomic E-state index is 13.4. The van der Waals surface area contributed by atoms with Crippen molar-refractivity contribution < 1.29 is 27.1 Å². The standard InChI is InChI=1S/C16H25BF3O3/c1-11(2)21-17(22-12(3)4,23-13(5)6)15-10-8-7-9-14(15)16(18,19)20/h7-13H,1-6H3/q-1. The molecule has 0 aliphatic carbocycles. The summed E-state index contributed by atoms with van der Waals surface area (Å²) in [7, 11) is 0. The van der Waals surface area contributed by atoms with E-state index in [0.29, 0.717) is 0 Å². The molecule has 0 aliphatic heterocycles. The van der Waals surface area contributed by atoms with Crippen LogP contribution in [-0.2, 0) is 20.1 Å². The summed E-state index contributed by atoms with van der Waals surface area (Å²) in [5.74, 6) is 0. The summed E-state index contributed by atoms with van der Waals surface area (Å²) in [6, 6.07) is 5.24. The molecule has 0 aromatic heterocycles. The molecule has 132 valence electrons. The lowest BCUT2D eigenvalue weighted by molar-refractivity contribution is -0.137. The lowest BCUT2D eigenvalue weighted by Gasteiger charge is -2.47. The lowest BCUT2D eigenvalue weighted by atomic mass is 9.65. The molecule has 0 radical (unpaired) electrons. The Morgan fingerprint density at radius 1 is 0.783 bits per heavy atom. The summed E-state index contributed by atoms with van der Waals surface area (Å²) in [5.41, 5.74) is -0.918. The smallest absolute Gasteiger partial charge is 0.413 e. The fourth-order valence-electron chi connectivity index (χ4n) is 2.45. The van der Waals surface area contributed by atoms with Gasteiger partial charge >= 0.3 is 12.9 Å². The number of hydrogen-bond donors (Lipinski definition) is 0. The minimum atomic E-state index is -4.52. The average Bonchev–Trinajstić information content (AvgIpc) is 2.35. The van der Waals surface area contributed by atoms with E-state index in [9.17, 15) is 13.2 Å². The van der Waals surface area contributed by atoms with Crippen molar-refractivity contribution in [3.8, 4) is 0 Å². The second-order valence-electron chi connectivity index (χ2n) is 6.28. The van der Waals surface area contributed by atoms with E-state index in [1.807, 2.05) is 0 Å². The zero-order valence-electron chi connectivity index (χ0n) is 14.5. The molecule has 0 fully saturated rings. The second kappa shape index (κ2) is 7.68. The summed E-state index contributed by atoms with van der Waals surface area (Å²) in [6.45, 7) is 7.68. The van der Waals surface area contributed by atoms with Gasteiger partial charge in [-0.3, -0.25) is 0 Å². The lowest BCUT2D eigenvalue weighted by Crippen LogP contribution is -2.61. The molecule has 0 spiro atoms. The molecule has 1 aromatic carbocycles. The zero-order valence-corrected chi connectivity index (χ0v) is 14.5. The highest BCUT2D eigenvalue weighted by atomic mass is 19.4. The van der Waals surface area contributed by atoms with E-state index in [-0.39, 0.29) is 23.8 Å². The van der Waals surface area contributed by atoms with Crippen molar-refractivity contribution in [1.29, 1.82) is 0 Å². The summed E-state index contributed by atoms with van der Waals surface area (Å²) in [6.07, 6.45) is -5.62. The van der Waals surface area contributed by atoms with Crippen molar-refractivity contribution in [2.24, 2.45) is 0 Å². The van der Waals surface area contributed by atoms with Crippen LogP contribution in [0, 0.1) is 0 Å². The Kier molecular flexibility index (Phi) is 6.68. The third-order valence-corrected chi connectivity index (χ3v) is 3.00. The van der Waals surface area contributed by atoms with Gasteiger partial charge in [-0.25, -0.2) is 0 Å². The van der Waals surface area contributed by atoms with Gasteiger partial charge in [-0.15, -0.1) is 5.46 Å². The Balaban J connectivity index is 3.54. The van der Waals surface area contributed by atoms with E-state index in [1.54, 1.807) is 41.5 Å². The maximum atomic E-state index is 13.4. The largest absolute Gasteiger partial charge is 0.539 e. The third-order valence-electron chi connectivity index (χ3n) is 3.00. The van der Waals surface area contributed by atoms with Crippen molar-refractivity contribution in [3.05, 3.63) is 29.8 Å². The van der Waals surface area contributed by atoms with E-state index >= 15 is 0 Å². The highest BCUT2D eigenvalue weighted by Gasteiger charge is 2.42. The predicted molar refractivity (Wildman–Crippen MR) is 85.5 cm³/mol. The van der Waals surface area contributed by atoms with Crippen LogP contribution >= 0.6 is 0 Å². The highest BCUT2D eigenvalue weighted by Crippen LogP contribution is 2.31. The van der Waals surface area contributed by atoms with Gasteiger partial charge in [0.05, 0.1) is 0 Å². The van der Waals surface area contributed by atoms with Crippen molar-refractivity contribution in [1.82, 2.24) is 0 Å². The van der Waals surface area contributed by atoms with Gasteiger partial charge in [-0.2, -0.15) is 13.2 Å². The summed E-state index contributed by atoms with van der Waals surface area (Å²) >= 11 is 0. The number of rotatable bonds is 7. The minimum absolute atomic E-state index is 0.115. The van der Waals surface area contributed by atoms with Gasteiger partial charge in [-0.1, -0.05) is 24.3 Å². The first-order valence-corrected chi connectivity index (χ1v) is 7.81. The predicted octanol–water partition coefficient (Wildman–Crippen LogP) is 4.13. The van der Waals surface area contributed by atoms with E-state index in [0.717, 1.165) is 6.07 Å². The van der Waals surface area contributed by atoms with Crippen LogP contribution in [0.4, 0.5) is 13.2 Å². The molecule has 0 aliphatic rings. The number of alkyl halides is 3. The van der Waals surface area contributed by atoms with Crippen molar-refractivity contribution in [2.75, 3.05) is 0 Å². The molecule has 23 heavy (non-hydrogen) atoms. The molecule has 0 bridgehead atoms. The molecular weight excluding hydrogens is 308 g/mol. The highest BCUT2D eigenvalue weighted by molar-refractivity contribution is 6.76. The number of hydrogen-bond acceptors (Lipinski definition) is 3. The minimum Gasteiger partial charge on any atom is -0.539 e. The Hall–Kier alpha value is -1.05. The molecule has 3 nitrogen and oxygen atoms in total. The van der Waals surface area contributed by atoms with Gasteiger partial charge in [-0.05, 0) is 41.5 Å². The molecule has 0 N–H and O–H groups in total. The zero-order chi connectivity index (χ0) is 17.8.